The quantitative estimate of drug-likeness (QED) is 0.852. The zero-order chi connectivity index (χ0) is 13.5. The van der Waals surface area contributed by atoms with Crippen molar-refractivity contribution in [3.05, 3.63) is 29.3 Å². The van der Waals surface area contributed by atoms with Crippen molar-refractivity contribution in [2.24, 2.45) is 11.1 Å². The standard InChI is InChI=1S/C17H26N2/c1-17(2)10-12-3-6-16(9-13(12)11-17)19-15-7-4-14(18)5-8-15/h3,6,9,14-15,19H,4-5,7-8,10-11,18H2,1-2H3. The van der Waals surface area contributed by atoms with Gasteiger partial charge in [0.15, 0.2) is 0 Å². The average Bonchev–Trinajstić information content (AvgIpc) is 2.65. The SMILES string of the molecule is CC1(C)Cc2ccc(NC3CCC(N)CC3)cc2C1. The molecule has 0 bridgehead atoms. The van der Waals surface area contributed by atoms with E-state index < -0.39 is 0 Å². The van der Waals surface area contributed by atoms with Gasteiger partial charge in [0.25, 0.3) is 0 Å². The zero-order valence-electron chi connectivity index (χ0n) is 12.2. The van der Waals surface area contributed by atoms with Crippen molar-refractivity contribution in [3.8, 4) is 0 Å². The van der Waals surface area contributed by atoms with Crippen LogP contribution in [0.5, 0.6) is 0 Å². The Morgan fingerprint density at radius 3 is 2.47 bits per heavy atom. The molecule has 2 heteroatoms. The van der Waals surface area contributed by atoms with Gasteiger partial charge in [-0.1, -0.05) is 19.9 Å². The second-order valence-electron chi connectivity index (χ2n) is 7.26. The number of fused-ring (bicyclic) bond motifs is 1. The van der Waals surface area contributed by atoms with E-state index in [4.69, 9.17) is 5.73 Å². The van der Waals surface area contributed by atoms with Crippen LogP contribution in [0.2, 0.25) is 0 Å². The van der Waals surface area contributed by atoms with Crippen molar-refractivity contribution in [3.63, 3.8) is 0 Å². The topological polar surface area (TPSA) is 38.0 Å². The van der Waals surface area contributed by atoms with Crippen molar-refractivity contribution in [1.29, 1.82) is 0 Å². The van der Waals surface area contributed by atoms with E-state index in [-0.39, 0.29) is 0 Å². The number of rotatable bonds is 2. The minimum atomic E-state index is 0.430. The second-order valence-corrected chi connectivity index (χ2v) is 7.26. The first-order chi connectivity index (χ1) is 9.02. The number of anilines is 1. The first-order valence-corrected chi connectivity index (χ1v) is 7.66. The predicted octanol–water partition coefficient (Wildman–Crippen LogP) is 3.49. The van der Waals surface area contributed by atoms with E-state index >= 15 is 0 Å². The molecule has 1 aromatic rings. The Bertz CT molecular complexity index is 456. The summed E-state index contributed by atoms with van der Waals surface area (Å²) in [5.41, 5.74) is 10.8. The molecule has 3 rings (SSSR count). The number of nitrogens with one attached hydrogen (secondary N) is 1. The molecule has 2 nitrogen and oxygen atoms in total. The van der Waals surface area contributed by atoms with Crippen LogP contribution in [0.4, 0.5) is 5.69 Å². The van der Waals surface area contributed by atoms with E-state index in [9.17, 15) is 0 Å². The van der Waals surface area contributed by atoms with Crippen molar-refractivity contribution < 1.29 is 0 Å². The smallest absolute Gasteiger partial charge is 0.0345 e. The summed E-state index contributed by atoms with van der Waals surface area (Å²) in [5, 5.41) is 3.70. The van der Waals surface area contributed by atoms with Gasteiger partial charge < -0.3 is 11.1 Å². The van der Waals surface area contributed by atoms with E-state index in [0.29, 0.717) is 17.5 Å². The minimum absolute atomic E-state index is 0.430. The maximum atomic E-state index is 5.97. The highest BCUT2D eigenvalue weighted by molar-refractivity contribution is 5.51. The van der Waals surface area contributed by atoms with Crippen LogP contribution in [0.1, 0.15) is 50.7 Å². The van der Waals surface area contributed by atoms with Gasteiger partial charge in [-0.25, -0.2) is 0 Å². The van der Waals surface area contributed by atoms with Gasteiger partial charge in [0.05, 0.1) is 0 Å². The molecule has 1 fully saturated rings. The van der Waals surface area contributed by atoms with Crippen molar-refractivity contribution in [1.82, 2.24) is 0 Å². The molecule has 0 atom stereocenters. The third-order valence-corrected chi connectivity index (χ3v) is 4.69. The summed E-state index contributed by atoms with van der Waals surface area (Å²) in [6.45, 7) is 4.73. The lowest BCUT2D eigenvalue weighted by Gasteiger charge is -2.27. The van der Waals surface area contributed by atoms with Crippen LogP contribution < -0.4 is 11.1 Å². The number of hydrogen-bond donors (Lipinski definition) is 2. The molecule has 2 aliphatic carbocycles. The fourth-order valence-corrected chi connectivity index (χ4v) is 3.65. The van der Waals surface area contributed by atoms with E-state index in [1.807, 2.05) is 0 Å². The molecule has 0 heterocycles. The number of nitrogens with two attached hydrogens (primary N) is 1. The molecule has 0 aromatic heterocycles. The van der Waals surface area contributed by atoms with Gasteiger partial charge in [-0.05, 0) is 67.2 Å². The molecule has 0 aliphatic heterocycles. The molecule has 0 unspecified atom stereocenters. The molecule has 2 aliphatic rings. The Labute approximate surface area is 116 Å². The Morgan fingerprint density at radius 2 is 1.74 bits per heavy atom. The molecule has 0 amide bonds. The summed E-state index contributed by atoms with van der Waals surface area (Å²) < 4.78 is 0. The lowest BCUT2D eigenvalue weighted by molar-refractivity contribution is 0.392. The summed E-state index contributed by atoms with van der Waals surface area (Å²) in [6, 6.07) is 8.00. The summed E-state index contributed by atoms with van der Waals surface area (Å²) in [7, 11) is 0. The normalized spacial score (nSPS) is 29.0. The summed E-state index contributed by atoms with van der Waals surface area (Å²) >= 11 is 0. The molecular weight excluding hydrogens is 232 g/mol. The highest BCUT2D eigenvalue weighted by Gasteiger charge is 2.28. The molecule has 0 spiro atoms. The van der Waals surface area contributed by atoms with Gasteiger partial charge in [0.1, 0.15) is 0 Å². The van der Waals surface area contributed by atoms with Gasteiger partial charge in [-0.15, -0.1) is 0 Å². The van der Waals surface area contributed by atoms with Gasteiger partial charge in [0.2, 0.25) is 0 Å². The molecule has 3 N–H and O–H groups in total. The second kappa shape index (κ2) is 4.82. The van der Waals surface area contributed by atoms with Crippen molar-refractivity contribution >= 4 is 5.69 Å². The van der Waals surface area contributed by atoms with Gasteiger partial charge in [0, 0.05) is 17.8 Å². The largest absolute Gasteiger partial charge is 0.382 e. The van der Waals surface area contributed by atoms with Gasteiger partial charge in [-0.3, -0.25) is 0 Å². The molecule has 19 heavy (non-hydrogen) atoms. The van der Waals surface area contributed by atoms with Gasteiger partial charge >= 0.3 is 0 Å². The van der Waals surface area contributed by atoms with Crippen LogP contribution >= 0.6 is 0 Å². The van der Waals surface area contributed by atoms with Gasteiger partial charge in [-0.2, -0.15) is 0 Å². The Kier molecular flexibility index (Phi) is 3.30. The zero-order valence-corrected chi connectivity index (χ0v) is 12.2. The Morgan fingerprint density at radius 1 is 1.05 bits per heavy atom. The van der Waals surface area contributed by atoms with Crippen molar-refractivity contribution in [2.75, 3.05) is 5.32 Å². The highest BCUT2D eigenvalue weighted by atomic mass is 14.9. The maximum absolute atomic E-state index is 5.97. The van der Waals surface area contributed by atoms with Crippen molar-refractivity contribution in [2.45, 2.75) is 64.5 Å². The molecule has 1 aromatic carbocycles. The number of benzene rings is 1. The average molecular weight is 258 g/mol. The lowest BCUT2D eigenvalue weighted by Crippen LogP contribution is -2.32. The van der Waals surface area contributed by atoms with E-state index in [0.717, 1.165) is 12.8 Å². The van der Waals surface area contributed by atoms with Crippen LogP contribution in [-0.4, -0.2) is 12.1 Å². The lowest BCUT2D eigenvalue weighted by atomic mass is 9.90. The molecule has 104 valence electrons. The van der Waals surface area contributed by atoms with Crippen LogP contribution in [0.15, 0.2) is 18.2 Å². The number of hydrogen-bond acceptors (Lipinski definition) is 2. The molecule has 1 saturated carbocycles. The van der Waals surface area contributed by atoms with Crippen LogP contribution in [-0.2, 0) is 12.8 Å². The molecular formula is C17H26N2. The predicted molar refractivity (Wildman–Crippen MR) is 81.5 cm³/mol. The third-order valence-electron chi connectivity index (χ3n) is 4.69. The van der Waals surface area contributed by atoms with Crippen LogP contribution in [0.3, 0.4) is 0 Å². The Hall–Kier alpha value is -1.02. The fourth-order valence-electron chi connectivity index (χ4n) is 3.65. The highest BCUT2D eigenvalue weighted by Crippen LogP contribution is 2.37. The fraction of sp³-hybridized carbons (Fsp3) is 0.647. The summed E-state index contributed by atoms with van der Waals surface area (Å²) in [5.74, 6) is 0. The van der Waals surface area contributed by atoms with Crippen LogP contribution in [0.25, 0.3) is 0 Å². The first-order valence-electron chi connectivity index (χ1n) is 7.66. The monoisotopic (exact) mass is 258 g/mol. The minimum Gasteiger partial charge on any atom is -0.382 e. The summed E-state index contributed by atoms with van der Waals surface area (Å²) in [6.07, 6.45) is 7.19. The first kappa shape index (κ1) is 13.0. The summed E-state index contributed by atoms with van der Waals surface area (Å²) in [4.78, 5) is 0. The molecule has 0 saturated heterocycles. The molecule has 0 radical (unpaired) electrons. The van der Waals surface area contributed by atoms with Crippen LogP contribution in [0, 0.1) is 5.41 Å². The van der Waals surface area contributed by atoms with E-state index in [1.165, 1.54) is 31.4 Å². The van der Waals surface area contributed by atoms with E-state index in [2.05, 4.69) is 37.4 Å². The maximum Gasteiger partial charge on any atom is 0.0345 e. The third kappa shape index (κ3) is 2.94. The van der Waals surface area contributed by atoms with E-state index in [1.54, 1.807) is 11.1 Å². The Balaban J connectivity index is 1.67.